The highest BCUT2D eigenvalue weighted by atomic mass is 19.1. The SMILES string of the molecule is CCC(C)N(CCOC)C(C)C(N)c1ccc(F)cc1. The van der Waals surface area contributed by atoms with Crippen molar-refractivity contribution in [3.8, 4) is 0 Å². The topological polar surface area (TPSA) is 38.5 Å². The predicted molar refractivity (Wildman–Crippen MR) is 81.1 cm³/mol. The maximum absolute atomic E-state index is 13.0. The molecule has 0 aromatic heterocycles. The molecule has 20 heavy (non-hydrogen) atoms. The molecule has 4 heteroatoms. The van der Waals surface area contributed by atoms with E-state index in [0.29, 0.717) is 12.6 Å². The minimum Gasteiger partial charge on any atom is -0.383 e. The van der Waals surface area contributed by atoms with Crippen molar-refractivity contribution in [1.29, 1.82) is 0 Å². The fraction of sp³-hybridized carbons (Fsp3) is 0.625. The Morgan fingerprint density at radius 2 is 1.85 bits per heavy atom. The summed E-state index contributed by atoms with van der Waals surface area (Å²) < 4.78 is 18.2. The van der Waals surface area contributed by atoms with E-state index in [9.17, 15) is 4.39 Å². The van der Waals surface area contributed by atoms with E-state index in [1.54, 1.807) is 19.2 Å². The van der Waals surface area contributed by atoms with Crippen LogP contribution >= 0.6 is 0 Å². The summed E-state index contributed by atoms with van der Waals surface area (Å²) in [6.45, 7) is 8.02. The van der Waals surface area contributed by atoms with E-state index in [2.05, 4.69) is 25.7 Å². The van der Waals surface area contributed by atoms with Crippen molar-refractivity contribution >= 4 is 0 Å². The van der Waals surface area contributed by atoms with Crippen molar-refractivity contribution in [3.05, 3.63) is 35.6 Å². The first kappa shape index (κ1) is 17.1. The number of hydrogen-bond acceptors (Lipinski definition) is 3. The quantitative estimate of drug-likeness (QED) is 0.796. The van der Waals surface area contributed by atoms with Gasteiger partial charge in [0.25, 0.3) is 0 Å². The lowest BCUT2D eigenvalue weighted by molar-refractivity contribution is 0.0838. The first-order valence-corrected chi connectivity index (χ1v) is 7.27. The second-order valence-electron chi connectivity index (χ2n) is 5.31. The second-order valence-corrected chi connectivity index (χ2v) is 5.31. The first-order chi connectivity index (χ1) is 9.51. The Kier molecular flexibility index (Phi) is 7.13. The summed E-state index contributed by atoms with van der Waals surface area (Å²) in [5.74, 6) is -0.230. The molecule has 1 aromatic rings. The van der Waals surface area contributed by atoms with Crippen molar-refractivity contribution < 1.29 is 9.13 Å². The highest BCUT2D eigenvalue weighted by molar-refractivity contribution is 5.21. The number of hydrogen-bond donors (Lipinski definition) is 1. The van der Waals surface area contributed by atoms with Gasteiger partial charge in [0.1, 0.15) is 5.82 Å². The number of nitrogens with zero attached hydrogens (tertiary/aromatic N) is 1. The molecule has 0 spiro atoms. The Labute approximate surface area is 121 Å². The summed E-state index contributed by atoms with van der Waals surface area (Å²) in [6, 6.07) is 6.93. The molecule has 0 saturated heterocycles. The van der Waals surface area contributed by atoms with E-state index < -0.39 is 0 Å². The average Bonchev–Trinajstić information content (AvgIpc) is 2.47. The molecular formula is C16H27FN2O. The molecule has 0 aliphatic heterocycles. The van der Waals surface area contributed by atoms with Crippen molar-refractivity contribution in [2.75, 3.05) is 20.3 Å². The smallest absolute Gasteiger partial charge is 0.123 e. The van der Waals surface area contributed by atoms with Crippen LogP contribution in [-0.4, -0.2) is 37.2 Å². The molecule has 0 aliphatic rings. The molecule has 0 bridgehead atoms. The zero-order valence-electron chi connectivity index (χ0n) is 13.0. The molecular weight excluding hydrogens is 255 g/mol. The summed E-state index contributed by atoms with van der Waals surface area (Å²) in [5, 5.41) is 0. The minimum absolute atomic E-state index is 0.138. The Morgan fingerprint density at radius 1 is 1.25 bits per heavy atom. The zero-order valence-corrected chi connectivity index (χ0v) is 13.0. The van der Waals surface area contributed by atoms with Crippen LogP contribution < -0.4 is 5.73 Å². The fourth-order valence-corrected chi connectivity index (χ4v) is 2.43. The number of ether oxygens (including phenoxy) is 1. The van der Waals surface area contributed by atoms with Crippen LogP contribution in [0.25, 0.3) is 0 Å². The lowest BCUT2D eigenvalue weighted by atomic mass is 9.98. The zero-order chi connectivity index (χ0) is 15.1. The average molecular weight is 282 g/mol. The van der Waals surface area contributed by atoms with Gasteiger partial charge in [0, 0.05) is 31.8 Å². The largest absolute Gasteiger partial charge is 0.383 e. The molecule has 3 atom stereocenters. The third kappa shape index (κ3) is 4.54. The van der Waals surface area contributed by atoms with Crippen LogP contribution in [0.15, 0.2) is 24.3 Å². The summed E-state index contributed by atoms with van der Waals surface area (Å²) in [5.41, 5.74) is 7.31. The van der Waals surface area contributed by atoms with Gasteiger partial charge in [-0.3, -0.25) is 4.90 Å². The van der Waals surface area contributed by atoms with Gasteiger partial charge in [-0.25, -0.2) is 4.39 Å². The van der Waals surface area contributed by atoms with Gasteiger partial charge in [0.05, 0.1) is 6.61 Å². The van der Waals surface area contributed by atoms with Gasteiger partial charge >= 0.3 is 0 Å². The van der Waals surface area contributed by atoms with E-state index >= 15 is 0 Å². The molecule has 0 amide bonds. The third-order valence-electron chi connectivity index (χ3n) is 4.01. The van der Waals surface area contributed by atoms with Crippen molar-refractivity contribution in [1.82, 2.24) is 4.90 Å². The molecule has 114 valence electrons. The van der Waals surface area contributed by atoms with Crippen LogP contribution in [0.1, 0.15) is 38.8 Å². The van der Waals surface area contributed by atoms with Crippen LogP contribution in [0.3, 0.4) is 0 Å². The second kappa shape index (κ2) is 8.35. The molecule has 0 aliphatic carbocycles. The van der Waals surface area contributed by atoms with Gasteiger partial charge in [0.2, 0.25) is 0 Å². The van der Waals surface area contributed by atoms with E-state index in [1.807, 2.05) is 0 Å². The highest BCUT2D eigenvalue weighted by Gasteiger charge is 2.24. The Bertz CT molecular complexity index is 383. The van der Waals surface area contributed by atoms with Gasteiger partial charge in [-0.2, -0.15) is 0 Å². The third-order valence-corrected chi connectivity index (χ3v) is 4.01. The number of benzene rings is 1. The minimum atomic E-state index is -0.230. The molecule has 0 heterocycles. The van der Waals surface area contributed by atoms with Crippen LogP contribution in [-0.2, 0) is 4.74 Å². The van der Waals surface area contributed by atoms with Crippen LogP contribution in [0.5, 0.6) is 0 Å². The van der Waals surface area contributed by atoms with Gasteiger partial charge in [-0.1, -0.05) is 19.1 Å². The van der Waals surface area contributed by atoms with E-state index in [4.69, 9.17) is 10.5 Å². The van der Waals surface area contributed by atoms with Crippen LogP contribution in [0.4, 0.5) is 4.39 Å². The normalized spacial score (nSPS) is 16.1. The summed E-state index contributed by atoms with van der Waals surface area (Å²) in [6.07, 6.45) is 1.06. The molecule has 1 aromatic carbocycles. The predicted octanol–water partition coefficient (Wildman–Crippen LogP) is 2.96. The standard InChI is InChI=1S/C16H27FN2O/c1-5-12(2)19(10-11-20-4)13(3)16(18)14-6-8-15(17)9-7-14/h6-9,12-13,16H,5,10-11,18H2,1-4H3. The summed E-state index contributed by atoms with van der Waals surface area (Å²) in [7, 11) is 1.71. The lowest BCUT2D eigenvalue weighted by Gasteiger charge is -2.37. The number of nitrogens with two attached hydrogens (primary N) is 1. The Hall–Kier alpha value is -0.970. The monoisotopic (exact) mass is 282 g/mol. The highest BCUT2D eigenvalue weighted by Crippen LogP contribution is 2.21. The lowest BCUT2D eigenvalue weighted by Crippen LogP contribution is -2.47. The van der Waals surface area contributed by atoms with Crippen molar-refractivity contribution in [3.63, 3.8) is 0 Å². The molecule has 0 radical (unpaired) electrons. The van der Waals surface area contributed by atoms with Crippen molar-refractivity contribution in [2.24, 2.45) is 5.73 Å². The van der Waals surface area contributed by atoms with Crippen LogP contribution in [0, 0.1) is 5.82 Å². The first-order valence-electron chi connectivity index (χ1n) is 7.27. The van der Waals surface area contributed by atoms with E-state index in [0.717, 1.165) is 18.5 Å². The fourth-order valence-electron chi connectivity index (χ4n) is 2.43. The maximum Gasteiger partial charge on any atom is 0.123 e. The van der Waals surface area contributed by atoms with Gasteiger partial charge in [-0.15, -0.1) is 0 Å². The van der Waals surface area contributed by atoms with E-state index in [-0.39, 0.29) is 17.9 Å². The molecule has 3 nitrogen and oxygen atoms in total. The molecule has 3 unspecified atom stereocenters. The number of halogens is 1. The Morgan fingerprint density at radius 3 is 2.35 bits per heavy atom. The molecule has 0 saturated carbocycles. The summed E-state index contributed by atoms with van der Waals surface area (Å²) >= 11 is 0. The van der Waals surface area contributed by atoms with Crippen LogP contribution in [0.2, 0.25) is 0 Å². The molecule has 2 N–H and O–H groups in total. The molecule has 0 fully saturated rings. The van der Waals surface area contributed by atoms with E-state index in [1.165, 1.54) is 12.1 Å². The summed E-state index contributed by atoms with van der Waals surface area (Å²) in [4.78, 5) is 2.36. The van der Waals surface area contributed by atoms with Gasteiger partial charge < -0.3 is 10.5 Å². The van der Waals surface area contributed by atoms with Gasteiger partial charge in [-0.05, 0) is 38.0 Å². The Balaban J connectivity index is 2.81. The number of methoxy groups -OCH3 is 1. The number of rotatable bonds is 8. The van der Waals surface area contributed by atoms with Gasteiger partial charge in [0.15, 0.2) is 0 Å². The van der Waals surface area contributed by atoms with Crippen molar-refractivity contribution in [2.45, 2.75) is 45.3 Å². The maximum atomic E-state index is 13.0. The molecule has 1 rings (SSSR count).